The lowest BCUT2D eigenvalue weighted by Crippen LogP contribution is -2.14. The summed E-state index contributed by atoms with van der Waals surface area (Å²) in [5, 5.41) is 3.79. The number of hydrogen-bond donors (Lipinski definition) is 1. The molecule has 0 aliphatic carbocycles. The molecule has 3 rings (SSSR count). The lowest BCUT2D eigenvalue weighted by atomic mass is 10.1. The minimum absolute atomic E-state index is 0.0161. The number of benzene rings is 2. The summed E-state index contributed by atoms with van der Waals surface area (Å²) in [5.41, 5.74) is 1.01. The van der Waals surface area contributed by atoms with Gasteiger partial charge in [-0.3, -0.25) is 4.72 Å². The molecule has 0 radical (unpaired) electrons. The molecule has 0 bridgehead atoms. The second kappa shape index (κ2) is 6.73. The Morgan fingerprint density at radius 3 is 2.19 bits per heavy atom. The van der Waals surface area contributed by atoms with Crippen LogP contribution in [-0.4, -0.2) is 13.6 Å². The van der Waals surface area contributed by atoms with Gasteiger partial charge in [-0.2, -0.15) is 13.2 Å². The maximum atomic E-state index is 12.6. The van der Waals surface area contributed by atoms with Gasteiger partial charge in [0.15, 0.2) is 5.76 Å². The largest absolute Gasteiger partial charge is 0.416 e. The van der Waals surface area contributed by atoms with Crippen molar-refractivity contribution in [3.63, 3.8) is 0 Å². The molecule has 9 heteroatoms. The van der Waals surface area contributed by atoms with Gasteiger partial charge < -0.3 is 4.52 Å². The fourth-order valence-corrected chi connectivity index (χ4v) is 3.83. The van der Waals surface area contributed by atoms with Gasteiger partial charge in [-0.25, -0.2) is 8.42 Å². The summed E-state index contributed by atoms with van der Waals surface area (Å²) in [6, 6.07) is 10.1. The third kappa shape index (κ3) is 4.13. The number of sulfonamides is 1. The number of rotatable bonds is 4. The van der Waals surface area contributed by atoms with Gasteiger partial charge in [-0.05, 0) is 61.9 Å². The van der Waals surface area contributed by atoms with Crippen LogP contribution in [-0.2, 0) is 16.2 Å². The molecule has 0 aliphatic heterocycles. The number of nitrogens with one attached hydrogen (secondary N) is 1. The van der Waals surface area contributed by atoms with E-state index < -0.39 is 21.8 Å². The van der Waals surface area contributed by atoms with Crippen molar-refractivity contribution in [2.75, 3.05) is 4.72 Å². The first-order valence-corrected chi connectivity index (χ1v) is 9.29. The molecule has 0 fully saturated rings. The van der Waals surface area contributed by atoms with Crippen molar-refractivity contribution in [2.24, 2.45) is 0 Å². The van der Waals surface area contributed by atoms with E-state index in [1.54, 1.807) is 32.0 Å². The number of alkyl halides is 3. The summed E-state index contributed by atoms with van der Waals surface area (Å²) in [6.07, 6.45) is -4.48. The van der Waals surface area contributed by atoms with Crippen molar-refractivity contribution in [3.05, 3.63) is 65.4 Å². The van der Waals surface area contributed by atoms with Crippen LogP contribution in [0.5, 0.6) is 0 Å². The van der Waals surface area contributed by atoms with Crippen molar-refractivity contribution in [1.29, 1.82) is 0 Å². The lowest BCUT2D eigenvalue weighted by molar-refractivity contribution is -0.137. The van der Waals surface area contributed by atoms with Crippen LogP contribution in [0, 0.1) is 13.8 Å². The molecule has 3 aromatic rings. The molecule has 2 aromatic carbocycles. The third-order valence-corrected chi connectivity index (χ3v) is 5.38. The van der Waals surface area contributed by atoms with Crippen molar-refractivity contribution in [3.8, 4) is 11.3 Å². The van der Waals surface area contributed by atoms with Gasteiger partial charge in [0.2, 0.25) is 0 Å². The first-order chi connectivity index (χ1) is 12.6. The fourth-order valence-electron chi connectivity index (χ4n) is 2.54. The standard InChI is InChI=1S/C18H15F3N2O3S/c1-11-9-13(16-10-12(2)22-26-16)3-8-17(11)27(24,25)23-15-6-4-14(5-7-15)18(19,20)21/h3-10,23H,1-2H3. The molecule has 0 atom stereocenters. The van der Waals surface area contributed by atoms with Crippen molar-refractivity contribution in [1.82, 2.24) is 5.16 Å². The van der Waals surface area contributed by atoms with Crippen LogP contribution >= 0.6 is 0 Å². The predicted molar refractivity (Wildman–Crippen MR) is 93.7 cm³/mol. The second-order valence-electron chi connectivity index (χ2n) is 5.99. The predicted octanol–water partition coefficient (Wildman–Crippen LogP) is 4.78. The van der Waals surface area contributed by atoms with E-state index in [2.05, 4.69) is 9.88 Å². The smallest absolute Gasteiger partial charge is 0.356 e. The first-order valence-electron chi connectivity index (χ1n) is 7.81. The van der Waals surface area contributed by atoms with E-state index >= 15 is 0 Å². The topological polar surface area (TPSA) is 72.2 Å². The average molecular weight is 396 g/mol. The Hall–Kier alpha value is -2.81. The van der Waals surface area contributed by atoms with Crippen molar-refractivity contribution in [2.45, 2.75) is 24.9 Å². The Labute approximate surface area is 153 Å². The maximum Gasteiger partial charge on any atom is 0.416 e. The van der Waals surface area contributed by atoms with Gasteiger partial charge in [0.25, 0.3) is 10.0 Å². The molecule has 0 saturated heterocycles. The van der Waals surface area contributed by atoms with Gasteiger partial charge in [0, 0.05) is 17.3 Å². The molecule has 27 heavy (non-hydrogen) atoms. The van der Waals surface area contributed by atoms with Gasteiger partial charge >= 0.3 is 6.18 Å². The van der Waals surface area contributed by atoms with Crippen LogP contribution in [0.25, 0.3) is 11.3 Å². The van der Waals surface area contributed by atoms with Gasteiger partial charge in [-0.1, -0.05) is 5.16 Å². The summed E-state index contributed by atoms with van der Waals surface area (Å²) in [5.74, 6) is 0.509. The van der Waals surface area contributed by atoms with Crippen LogP contribution in [0.1, 0.15) is 16.8 Å². The zero-order chi connectivity index (χ0) is 19.8. The molecule has 142 valence electrons. The molecular formula is C18H15F3N2O3S. The SMILES string of the molecule is Cc1cc(-c2ccc(S(=O)(=O)Nc3ccc(C(F)(F)F)cc3)c(C)c2)on1. The van der Waals surface area contributed by atoms with Crippen molar-refractivity contribution >= 4 is 15.7 Å². The number of anilines is 1. The molecule has 0 saturated carbocycles. The Morgan fingerprint density at radius 1 is 1.00 bits per heavy atom. The highest BCUT2D eigenvalue weighted by atomic mass is 32.2. The molecule has 0 unspecified atom stereocenters. The Bertz CT molecular complexity index is 1070. The zero-order valence-electron chi connectivity index (χ0n) is 14.3. The van der Waals surface area contributed by atoms with E-state index in [0.717, 1.165) is 24.3 Å². The van der Waals surface area contributed by atoms with Crippen LogP contribution in [0.4, 0.5) is 18.9 Å². The third-order valence-electron chi connectivity index (χ3n) is 3.84. The number of aryl methyl sites for hydroxylation is 2. The highest BCUT2D eigenvalue weighted by molar-refractivity contribution is 7.92. The number of nitrogens with zero attached hydrogens (tertiary/aromatic N) is 1. The van der Waals surface area contributed by atoms with Gasteiger partial charge in [-0.15, -0.1) is 0 Å². The summed E-state index contributed by atoms with van der Waals surface area (Å²) < 4.78 is 70.4. The van der Waals surface area contributed by atoms with Crippen LogP contribution in [0.15, 0.2) is 57.9 Å². The summed E-state index contributed by atoms with van der Waals surface area (Å²) in [7, 11) is -3.96. The first kappa shape index (κ1) is 19.0. The molecule has 1 heterocycles. The van der Waals surface area contributed by atoms with E-state index in [-0.39, 0.29) is 10.6 Å². The molecule has 0 aliphatic rings. The normalized spacial score (nSPS) is 12.2. The number of hydrogen-bond acceptors (Lipinski definition) is 4. The molecule has 1 aromatic heterocycles. The van der Waals surface area contributed by atoms with Crippen LogP contribution in [0.3, 0.4) is 0 Å². The summed E-state index contributed by atoms with van der Waals surface area (Å²) >= 11 is 0. The number of halogens is 3. The highest BCUT2D eigenvalue weighted by Crippen LogP contribution is 2.31. The Balaban J connectivity index is 1.86. The fraction of sp³-hybridized carbons (Fsp3) is 0.167. The zero-order valence-corrected chi connectivity index (χ0v) is 15.1. The van der Waals surface area contributed by atoms with Crippen LogP contribution in [0.2, 0.25) is 0 Å². The molecule has 5 nitrogen and oxygen atoms in total. The van der Waals surface area contributed by atoms with Gasteiger partial charge in [0.1, 0.15) is 0 Å². The summed E-state index contributed by atoms with van der Waals surface area (Å²) in [4.78, 5) is 0.0161. The van der Waals surface area contributed by atoms with Gasteiger partial charge in [0.05, 0.1) is 16.2 Å². The van der Waals surface area contributed by atoms with E-state index in [9.17, 15) is 21.6 Å². The van der Waals surface area contributed by atoms with E-state index in [1.165, 1.54) is 6.07 Å². The average Bonchev–Trinajstić information content (AvgIpc) is 3.00. The van der Waals surface area contributed by atoms with Crippen LogP contribution < -0.4 is 4.72 Å². The Kier molecular flexibility index (Phi) is 4.73. The molecule has 0 amide bonds. The minimum atomic E-state index is -4.48. The monoisotopic (exact) mass is 396 g/mol. The highest BCUT2D eigenvalue weighted by Gasteiger charge is 2.30. The second-order valence-corrected chi connectivity index (χ2v) is 7.64. The lowest BCUT2D eigenvalue weighted by Gasteiger charge is -2.12. The molecule has 1 N–H and O–H groups in total. The van der Waals surface area contributed by atoms with Crippen molar-refractivity contribution < 1.29 is 26.1 Å². The van der Waals surface area contributed by atoms with E-state index in [1.807, 2.05) is 0 Å². The number of aromatic nitrogens is 1. The minimum Gasteiger partial charge on any atom is -0.356 e. The quantitative estimate of drug-likeness (QED) is 0.689. The molecule has 0 spiro atoms. The summed E-state index contributed by atoms with van der Waals surface area (Å²) in [6.45, 7) is 3.39. The van der Waals surface area contributed by atoms with E-state index in [0.29, 0.717) is 22.6 Å². The molecular weight excluding hydrogens is 381 g/mol. The maximum absolute atomic E-state index is 12.6. The van der Waals surface area contributed by atoms with E-state index in [4.69, 9.17) is 4.52 Å². The Morgan fingerprint density at radius 2 is 1.67 bits per heavy atom.